The summed E-state index contributed by atoms with van der Waals surface area (Å²) in [6.45, 7) is 8.73. The van der Waals surface area contributed by atoms with E-state index in [1.54, 1.807) is 28.8 Å². The molecule has 7 rings (SSSR count). The number of carbonyl (C=O) groups is 3. The van der Waals surface area contributed by atoms with Gasteiger partial charge in [-0.25, -0.2) is 9.78 Å². The van der Waals surface area contributed by atoms with Gasteiger partial charge in [-0.3, -0.25) is 24.6 Å². The summed E-state index contributed by atoms with van der Waals surface area (Å²) in [4.78, 5) is 64.9. The first-order valence-corrected chi connectivity index (χ1v) is 20.0. The summed E-state index contributed by atoms with van der Waals surface area (Å²) < 4.78 is 13.0. The van der Waals surface area contributed by atoms with Gasteiger partial charge in [0.25, 0.3) is 11.5 Å². The third-order valence-corrected chi connectivity index (χ3v) is 11.4. The number of halogens is 1. The molecule has 3 fully saturated rings. The highest BCUT2D eigenvalue weighted by Crippen LogP contribution is 2.37. The van der Waals surface area contributed by atoms with Gasteiger partial charge in [-0.05, 0) is 106 Å². The van der Waals surface area contributed by atoms with E-state index in [1.807, 2.05) is 44.2 Å². The summed E-state index contributed by atoms with van der Waals surface area (Å²) in [6, 6.07) is 12.9. The minimum atomic E-state index is -0.416. The van der Waals surface area contributed by atoms with Gasteiger partial charge in [-0.1, -0.05) is 17.7 Å². The van der Waals surface area contributed by atoms with E-state index in [1.165, 1.54) is 12.6 Å². The van der Waals surface area contributed by atoms with Crippen molar-refractivity contribution in [2.75, 3.05) is 75.1 Å². The maximum absolute atomic E-state index is 13.2. The first-order chi connectivity index (χ1) is 27.5. The Morgan fingerprint density at radius 1 is 0.982 bits per heavy atom. The molecule has 4 amide bonds. The summed E-state index contributed by atoms with van der Waals surface area (Å²) >= 11 is 6.60. The molecule has 15 nitrogen and oxygen atoms in total. The quantitative estimate of drug-likeness (QED) is 0.167. The zero-order valence-corrected chi connectivity index (χ0v) is 33.6. The van der Waals surface area contributed by atoms with Crippen LogP contribution >= 0.6 is 11.6 Å². The number of pyridine rings is 1. The molecular weight excluding hydrogens is 750 g/mol. The fraction of sp³-hybridized carbons (Fsp3) is 0.463. The number of imide groups is 1. The molecule has 3 aliphatic heterocycles. The molecule has 2 aromatic carbocycles. The number of rotatable bonds is 12. The Morgan fingerprint density at radius 3 is 2.46 bits per heavy atom. The Morgan fingerprint density at radius 2 is 1.75 bits per heavy atom. The van der Waals surface area contributed by atoms with Crippen LogP contribution in [0.15, 0.2) is 53.5 Å². The third-order valence-electron chi connectivity index (χ3n) is 11.2. The van der Waals surface area contributed by atoms with Crippen molar-refractivity contribution in [3.05, 3.63) is 69.6 Å². The van der Waals surface area contributed by atoms with Gasteiger partial charge in [0.15, 0.2) is 18.2 Å². The smallest absolute Gasteiger partial charge is 0.328 e. The van der Waals surface area contributed by atoms with Crippen molar-refractivity contribution in [3.63, 3.8) is 0 Å². The van der Waals surface area contributed by atoms with Gasteiger partial charge in [-0.15, -0.1) is 0 Å². The van der Waals surface area contributed by atoms with Crippen molar-refractivity contribution in [1.29, 1.82) is 0 Å². The number of hydrogen-bond donors (Lipinski definition) is 3. The number of nitrogens with zero attached hydrogens (tertiary/aromatic N) is 6. The number of urea groups is 1. The molecule has 5 heterocycles. The average Bonchev–Trinajstić information content (AvgIpc) is 3.21. The molecule has 57 heavy (non-hydrogen) atoms. The molecule has 3 N–H and O–H groups in total. The normalized spacial score (nSPS) is 17.2. The lowest BCUT2D eigenvalue weighted by atomic mass is 9.88. The summed E-state index contributed by atoms with van der Waals surface area (Å²) in [7, 11) is 3.13. The molecule has 0 aliphatic carbocycles. The standard InChI is InChI=1S/C41H50ClN9O6/c1-25(2)51-32-8-6-30(19-29(32)21-35(39(51)54)57-24-37(53)43-3)45-38-31(42)22-44-40(47-38)49-16-9-26(10-17-49)23-48-14-11-27(12-15-48)28-5-7-33(34(20-28)56-4)50-18-13-36(52)46-41(50)55/h5-8,19-22,25-27H,9-18,23-24H2,1-4H3,(H,43,53)(H,44,45,47)(H,46,52,55). The lowest BCUT2D eigenvalue weighted by Gasteiger charge is -2.38. The Balaban J connectivity index is 0.938. The zero-order valence-electron chi connectivity index (χ0n) is 32.8. The van der Waals surface area contributed by atoms with E-state index in [0.717, 1.165) is 75.0 Å². The van der Waals surface area contributed by atoms with Gasteiger partial charge in [0.2, 0.25) is 11.9 Å². The number of anilines is 4. The van der Waals surface area contributed by atoms with Crippen LogP contribution in [0.1, 0.15) is 63.5 Å². The van der Waals surface area contributed by atoms with Crippen molar-refractivity contribution in [2.24, 2.45) is 5.92 Å². The van der Waals surface area contributed by atoms with Crippen molar-refractivity contribution in [2.45, 2.75) is 57.9 Å². The van der Waals surface area contributed by atoms with Crippen LogP contribution in [0.4, 0.5) is 27.9 Å². The molecule has 0 unspecified atom stereocenters. The molecule has 0 atom stereocenters. The van der Waals surface area contributed by atoms with Crippen LogP contribution in [0, 0.1) is 5.92 Å². The number of amides is 4. The van der Waals surface area contributed by atoms with Crippen molar-refractivity contribution in [3.8, 4) is 11.5 Å². The van der Waals surface area contributed by atoms with Crippen LogP contribution in [0.3, 0.4) is 0 Å². The number of methoxy groups -OCH3 is 1. The number of likely N-dealkylation sites (N-methyl/N-ethyl adjacent to an activating group) is 1. The van der Waals surface area contributed by atoms with E-state index in [9.17, 15) is 19.2 Å². The Hall–Kier alpha value is -5.41. The van der Waals surface area contributed by atoms with E-state index in [4.69, 9.17) is 26.1 Å². The van der Waals surface area contributed by atoms with Crippen LogP contribution in [-0.4, -0.2) is 97.3 Å². The zero-order chi connectivity index (χ0) is 40.2. The van der Waals surface area contributed by atoms with Crippen molar-refractivity contribution >= 4 is 63.5 Å². The average molecular weight is 800 g/mol. The fourth-order valence-corrected chi connectivity index (χ4v) is 8.20. The number of aromatic nitrogens is 3. The second-order valence-electron chi connectivity index (χ2n) is 15.2. The number of carbonyl (C=O) groups excluding carboxylic acids is 3. The van der Waals surface area contributed by atoms with Crippen molar-refractivity contribution in [1.82, 2.24) is 30.1 Å². The molecule has 16 heteroatoms. The summed E-state index contributed by atoms with van der Waals surface area (Å²) in [5.74, 6) is 2.26. The summed E-state index contributed by atoms with van der Waals surface area (Å²) in [6.07, 6.45) is 6.07. The first kappa shape index (κ1) is 39.8. The van der Waals surface area contributed by atoms with Crippen LogP contribution in [0.5, 0.6) is 11.5 Å². The highest BCUT2D eigenvalue weighted by molar-refractivity contribution is 6.33. The van der Waals surface area contributed by atoms with Crippen LogP contribution in [0.2, 0.25) is 5.02 Å². The van der Waals surface area contributed by atoms with Gasteiger partial charge in [0.1, 0.15) is 10.8 Å². The Labute approximate surface area is 336 Å². The molecule has 0 spiro atoms. The molecule has 0 saturated carbocycles. The second-order valence-corrected chi connectivity index (χ2v) is 15.6. The second kappa shape index (κ2) is 17.4. The predicted molar refractivity (Wildman–Crippen MR) is 220 cm³/mol. The van der Waals surface area contributed by atoms with E-state index < -0.39 is 6.03 Å². The van der Waals surface area contributed by atoms with E-state index >= 15 is 0 Å². The minimum absolute atomic E-state index is 0.0996. The summed E-state index contributed by atoms with van der Waals surface area (Å²) in [5, 5.41) is 9.39. The van der Waals surface area contributed by atoms with Crippen LogP contribution in [0.25, 0.3) is 10.9 Å². The lowest BCUT2D eigenvalue weighted by molar-refractivity contribution is -0.122. The molecule has 302 valence electrons. The van der Waals surface area contributed by atoms with Gasteiger partial charge < -0.3 is 34.5 Å². The van der Waals surface area contributed by atoms with Gasteiger partial charge >= 0.3 is 6.03 Å². The van der Waals surface area contributed by atoms with E-state index in [-0.39, 0.29) is 42.2 Å². The number of hydrogen-bond acceptors (Lipinski definition) is 11. The summed E-state index contributed by atoms with van der Waals surface area (Å²) in [5.41, 5.74) is 3.06. The molecule has 4 aromatic rings. The number of likely N-dealkylation sites (tertiary alicyclic amines) is 1. The Kier molecular flexibility index (Phi) is 12.1. The van der Waals surface area contributed by atoms with E-state index in [2.05, 4.69) is 36.8 Å². The number of nitrogens with one attached hydrogen (secondary N) is 3. The number of benzene rings is 2. The number of ether oxygens (including phenoxy) is 2. The maximum Gasteiger partial charge on any atom is 0.328 e. The highest BCUT2D eigenvalue weighted by Gasteiger charge is 2.29. The van der Waals surface area contributed by atoms with Crippen LogP contribution in [-0.2, 0) is 9.59 Å². The minimum Gasteiger partial charge on any atom is -0.495 e. The predicted octanol–water partition coefficient (Wildman–Crippen LogP) is 5.45. The molecular formula is C41H50ClN9O6. The number of piperidine rings is 2. The fourth-order valence-electron chi connectivity index (χ4n) is 8.06. The van der Waals surface area contributed by atoms with E-state index in [0.29, 0.717) is 46.6 Å². The van der Waals surface area contributed by atoms with Gasteiger partial charge in [-0.2, -0.15) is 4.98 Å². The molecule has 3 aliphatic rings. The monoisotopic (exact) mass is 799 g/mol. The van der Waals surface area contributed by atoms with Crippen molar-refractivity contribution < 1.29 is 23.9 Å². The van der Waals surface area contributed by atoms with Gasteiger partial charge in [0, 0.05) is 56.8 Å². The lowest BCUT2D eigenvalue weighted by Crippen LogP contribution is -2.49. The maximum atomic E-state index is 13.2. The third kappa shape index (κ3) is 8.94. The largest absolute Gasteiger partial charge is 0.495 e. The molecule has 3 saturated heterocycles. The first-order valence-electron chi connectivity index (χ1n) is 19.6. The SMILES string of the molecule is CNC(=O)COc1cc2cc(Nc3nc(N4CCC(CN5CCC(c6ccc(N7CCC(=O)NC7=O)c(OC)c6)CC5)CC4)ncc3Cl)ccc2n(C(C)C)c1=O. The Bertz CT molecular complexity index is 2200. The highest BCUT2D eigenvalue weighted by atomic mass is 35.5. The molecule has 0 bridgehead atoms. The topological polar surface area (TPSA) is 163 Å². The van der Waals surface area contributed by atoms with Gasteiger partial charge in [0.05, 0.1) is 24.5 Å². The molecule has 2 aromatic heterocycles. The molecule has 0 radical (unpaired) electrons. The number of fused-ring (bicyclic) bond motifs is 1. The van der Waals surface area contributed by atoms with Crippen LogP contribution < -0.4 is 40.8 Å².